The second-order valence-corrected chi connectivity index (χ2v) is 12.5. The molecule has 0 fully saturated rings. The Hall–Kier alpha value is -7.90. The molecule has 0 spiro atoms. The van der Waals surface area contributed by atoms with Gasteiger partial charge in [-0.05, 0) is 48.4 Å². The second kappa shape index (κ2) is 12.3. The molecule has 0 bridgehead atoms. The van der Waals surface area contributed by atoms with Gasteiger partial charge in [0.15, 0.2) is 0 Å². The van der Waals surface area contributed by atoms with Gasteiger partial charge in [-0.1, -0.05) is 115 Å². The van der Waals surface area contributed by atoms with Crippen molar-refractivity contribution in [3.63, 3.8) is 0 Å². The molecule has 0 atom stereocenters. The summed E-state index contributed by atoms with van der Waals surface area (Å²) in [6, 6.07) is -18.0. The number of rotatable bonds is 5. The molecule has 0 aliphatic rings. The van der Waals surface area contributed by atoms with Gasteiger partial charge < -0.3 is 9.13 Å². The number of hydrogen-bond donors (Lipinski definition) is 0. The topological polar surface area (TPSA) is 66.3 Å². The fourth-order valence-corrected chi connectivity index (χ4v) is 7.25. The van der Waals surface area contributed by atoms with Crippen LogP contribution in [-0.4, -0.2) is 33.6 Å². The van der Waals surface area contributed by atoms with Gasteiger partial charge in [0, 0.05) is 55.8 Å². The molecule has 0 saturated heterocycles. The van der Waals surface area contributed by atoms with Gasteiger partial charge in [-0.3, -0.25) is 14.5 Å². The van der Waals surface area contributed by atoms with Crippen LogP contribution in [0.5, 0.6) is 0 Å². The molecule has 57 heavy (non-hydrogen) atoms. The zero-order valence-electron chi connectivity index (χ0n) is 53.6. The van der Waals surface area contributed by atoms with Crippen molar-refractivity contribution >= 4 is 65.4 Å². The smallest absolute Gasteiger partial charge is 0.235 e. The third-order valence-electron chi connectivity index (χ3n) is 9.55. The Morgan fingerprint density at radius 1 is 0.404 bits per heavy atom. The minimum absolute atomic E-state index is 0.0500. The van der Waals surface area contributed by atoms with Gasteiger partial charge in [0.25, 0.3) is 0 Å². The van der Waals surface area contributed by atoms with E-state index in [1.807, 2.05) is 0 Å². The summed E-state index contributed by atoms with van der Waals surface area (Å²) in [6.07, 6.45) is 5.09. The Balaban J connectivity index is 1.42. The standard InChI is InChI=1S/C50H31N7/c1-2-13-32(14-3-1)40-29-41(54-50(53-40)57-44-22-10-6-15-33(44)34-16-7-11-23-45(34)57)39-19-12-24-46(55-42-20-8-4-17-35(42)37-25-27-51-30-47(37)55)49(39)56-43-21-9-5-18-36(43)38-26-28-52-31-48(38)56/h1-31H/i1D,2D,3D,4D,5D,6D,7D,8D,9D,10D,11D,12D,13D,14D,15D,16D,17D,18D,19D,20D,21D,22D,23D,24D,29D. The van der Waals surface area contributed by atoms with E-state index < -0.39 is 213 Å². The maximum Gasteiger partial charge on any atom is 0.235 e. The van der Waals surface area contributed by atoms with Gasteiger partial charge in [-0.25, -0.2) is 9.97 Å². The molecule has 0 amide bonds. The van der Waals surface area contributed by atoms with E-state index in [0.717, 1.165) is 13.7 Å². The molecule has 0 saturated carbocycles. The van der Waals surface area contributed by atoms with E-state index in [-0.39, 0.29) is 43.6 Å². The van der Waals surface area contributed by atoms with Crippen LogP contribution in [-0.2, 0) is 0 Å². The first kappa shape index (κ1) is 15.7. The summed E-state index contributed by atoms with van der Waals surface area (Å²) in [5, 5.41) is -1.06. The lowest BCUT2D eigenvalue weighted by Crippen LogP contribution is -2.08. The van der Waals surface area contributed by atoms with Gasteiger partial charge >= 0.3 is 0 Å². The highest BCUT2D eigenvalue weighted by Crippen LogP contribution is 2.42. The van der Waals surface area contributed by atoms with Crippen LogP contribution in [0, 0.1) is 0 Å². The molecule has 7 nitrogen and oxygen atoms in total. The van der Waals surface area contributed by atoms with E-state index >= 15 is 0 Å². The van der Waals surface area contributed by atoms with Crippen molar-refractivity contribution in [1.29, 1.82) is 0 Å². The summed E-state index contributed by atoms with van der Waals surface area (Å²) < 4.78 is 232. The molecule has 6 aromatic heterocycles. The fraction of sp³-hybridized carbons (Fsp3) is 0. The Kier molecular flexibility index (Phi) is 3.39. The predicted molar refractivity (Wildman–Crippen MR) is 232 cm³/mol. The molecule has 0 radical (unpaired) electrons. The quantitative estimate of drug-likeness (QED) is 0.175. The van der Waals surface area contributed by atoms with Gasteiger partial charge in [-0.2, -0.15) is 0 Å². The van der Waals surface area contributed by atoms with Crippen molar-refractivity contribution in [2.24, 2.45) is 0 Å². The van der Waals surface area contributed by atoms with Crippen LogP contribution in [0.1, 0.15) is 34.3 Å². The van der Waals surface area contributed by atoms with Crippen LogP contribution in [0.3, 0.4) is 0 Å². The lowest BCUT2D eigenvalue weighted by molar-refractivity contribution is 0.993. The summed E-state index contributed by atoms with van der Waals surface area (Å²) in [6.45, 7) is 0. The van der Waals surface area contributed by atoms with E-state index in [2.05, 4.69) is 15.0 Å². The first-order valence-electron chi connectivity index (χ1n) is 29.5. The third kappa shape index (κ3) is 4.66. The summed E-state index contributed by atoms with van der Waals surface area (Å²) in [4.78, 5) is 18.0. The minimum atomic E-state index is -1.02. The molecule has 0 unspecified atom stereocenters. The summed E-state index contributed by atoms with van der Waals surface area (Å²) in [5.41, 5.74) is -6.50. The first-order valence-corrected chi connectivity index (χ1v) is 17.0. The molecule has 6 aromatic carbocycles. The molecule has 6 heterocycles. The van der Waals surface area contributed by atoms with Crippen LogP contribution < -0.4 is 0 Å². The number of para-hydroxylation sites is 5. The Labute approximate surface area is 361 Å². The molecule has 266 valence electrons. The predicted octanol–water partition coefficient (Wildman–Crippen LogP) is 11.9. The highest BCUT2D eigenvalue weighted by Gasteiger charge is 2.24. The molecule has 0 aliphatic carbocycles. The van der Waals surface area contributed by atoms with Crippen LogP contribution in [0.15, 0.2) is 188 Å². The molecule has 7 heteroatoms. The van der Waals surface area contributed by atoms with Gasteiger partial charge in [0.05, 0.1) is 103 Å². The van der Waals surface area contributed by atoms with Crippen LogP contribution >= 0.6 is 0 Å². The maximum absolute atomic E-state index is 10.2. The highest BCUT2D eigenvalue weighted by molar-refractivity contribution is 6.12. The Bertz CT molecular complexity index is 4900. The van der Waals surface area contributed by atoms with Crippen LogP contribution in [0.2, 0.25) is 0 Å². The minimum Gasteiger partial charge on any atom is -0.306 e. The SMILES string of the molecule is [2H]c1c(-c2c([2H])c([2H])c([2H])c([2H])c2[2H])nc(-n2c3c([2H])c([2H])c([2H])c([2H])c3c3c([2H])c([2H])c([2H])c([2H])c32)nc1-c1c([2H])c([2H])c([2H])c(-n2c3cnccc3c3c([2H])c([2H])c([2H])c([2H])c32)c1-n1c2cnccc2c2c([2H])c([2H])c([2H])c([2H])c21. The van der Waals surface area contributed by atoms with Crippen LogP contribution in [0.25, 0.3) is 105 Å². The van der Waals surface area contributed by atoms with Crippen molar-refractivity contribution < 1.29 is 34.3 Å². The van der Waals surface area contributed by atoms with Crippen molar-refractivity contribution in [1.82, 2.24) is 33.6 Å². The number of benzene rings is 6. The summed E-state index contributed by atoms with van der Waals surface area (Å²) in [5.74, 6) is -0.891. The number of fused-ring (bicyclic) bond motifs is 9. The van der Waals surface area contributed by atoms with Crippen molar-refractivity contribution in [2.45, 2.75) is 0 Å². The van der Waals surface area contributed by atoms with Crippen LogP contribution in [0.4, 0.5) is 0 Å². The molecule has 0 aliphatic heterocycles. The van der Waals surface area contributed by atoms with E-state index in [4.69, 9.17) is 22.8 Å². The van der Waals surface area contributed by atoms with Crippen molar-refractivity contribution in [2.75, 3.05) is 0 Å². The second-order valence-electron chi connectivity index (χ2n) is 12.5. The average Bonchev–Trinajstić information content (AvgIpc) is 2.08. The fourth-order valence-electron chi connectivity index (χ4n) is 7.25. The van der Waals surface area contributed by atoms with Gasteiger partial charge in [-0.15, -0.1) is 0 Å². The monoisotopic (exact) mass is 754 g/mol. The normalized spacial score (nSPS) is 18.0. The number of pyridine rings is 2. The average molecular weight is 755 g/mol. The molecule has 12 rings (SSSR count). The number of aromatic nitrogens is 7. The zero-order chi connectivity index (χ0) is 59.2. The van der Waals surface area contributed by atoms with Gasteiger partial charge in [0.1, 0.15) is 0 Å². The lowest BCUT2D eigenvalue weighted by Gasteiger charge is -2.21. The van der Waals surface area contributed by atoms with E-state index in [0.29, 0.717) is 0 Å². The van der Waals surface area contributed by atoms with Crippen molar-refractivity contribution in [3.8, 4) is 39.8 Å². The van der Waals surface area contributed by atoms with E-state index in [1.165, 1.54) is 36.9 Å². The molecule has 12 aromatic rings. The Morgan fingerprint density at radius 2 is 0.895 bits per heavy atom. The number of nitrogens with zero attached hydrogens (tertiary/aromatic N) is 7. The summed E-state index contributed by atoms with van der Waals surface area (Å²) >= 11 is 0. The van der Waals surface area contributed by atoms with E-state index in [9.17, 15) is 16.4 Å². The van der Waals surface area contributed by atoms with Gasteiger partial charge in [0.2, 0.25) is 5.95 Å². The zero-order valence-corrected chi connectivity index (χ0v) is 28.6. The molecule has 0 N–H and O–H groups in total. The first-order chi connectivity index (χ1) is 38.7. The molecular formula is C50H31N7. The van der Waals surface area contributed by atoms with E-state index in [1.54, 1.807) is 0 Å². The third-order valence-corrected chi connectivity index (χ3v) is 9.55. The number of hydrogen-bond acceptors (Lipinski definition) is 4. The largest absolute Gasteiger partial charge is 0.306 e. The highest BCUT2D eigenvalue weighted by atomic mass is 15.2. The maximum atomic E-state index is 10.2. The molecular weight excluding hydrogens is 699 g/mol. The summed E-state index contributed by atoms with van der Waals surface area (Å²) in [7, 11) is 0. The van der Waals surface area contributed by atoms with Crippen molar-refractivity contribution in [3.05, 3.63) is 188 Å². The Morgan fingerprint density at radius 3 is 1.51 bits per heavy atom. The lowest BCUT2D eigenvalue weighted by atomic mass is 10.0.